The van der Waals surface area contributed by atoms with Gasteiger partial charge in [-0.2, -0.15) is 0 Å². The van der Waals surface area contributed by atoms with Crippen molar-refractivity contribution in [2.24, 2.45) is 0 Å². The lowest BCUT2D eigenvalue weighted by Gasteiger charge is -2.06. The lowest BCUT2D eigenvalue weighted by atomic mass is 10.1. The van der Waals surface area contributed by atoms with Gasteiger partial charge in [0, 0.05) is 28.6 Å². The van der Waals surface area contributed by atoms with Gasteiger partial charge in [0.05, 0.1) is 0 Å². The summed E-state index contributed by atoms with van der Waals surface area (Å²) in [7, 11) is 0. The summed E-state index contributed by atoms with van der Waals surface area (Å²) < 4.78 is 0. The number of benzene rings is 1. The number of hydrogen-bond acceptors (Lipinski definition) is 1. The fourth-order valence-electron chi connectivity index (χ4n) is 2.23. The minimum atomic E-state index is 0.145. The van der Waals surface area contributed by atoms with Crippen LogP contribution in [-0.4, -0.2) is 4.98 Å². The fraction of sp³-hybridized carbons (Fsp3) is 0.353. The number of hydrogen-bond donors (Lipinski definition) is 1. The molecule has 100 valence electrons. The summed E-state index contributed by atoms with van der Waals surface area (Å²) in [4.78, 5) is 15.6. The van der Waals surface area contributed by atoms with Crippen molar-refractivity contribution in [2.45, 2.75) is 39.5 Å². The molecule has 0 spiro atoms. The number of rotatable bonds is 5. The lowest BCUT2D eigenvalue weighted by molar-refractivity contribution is 0.812. The van der Waals surface area contributed by atoms with Gasteiger partial charge in [-0.05, 0) is 25.5 Å². The van der Waals surface area contributed by atoms with Crippen LogP contribution in [0.3, 0.4) is 0 Å². The van der Waals surface area contributed by atoms with Crippen LogP contribution < -0.4 is 5.43 Å². The zero-order valence-corrected chi connectivity index (χ0v) is 11.7. The third-order valence-corrected chi connectivity index (χ3v) is 3.46. The average molecular weight is 255 g/mol. The van der Waals surface area contributed by atoms with Gasteiger partial charge in [0.25, 0.3) is 0 Å². The molecule has 2 rings (SSSR count). The van der Waals surface area contributed by atoms with Crippen LogP contribution in [0.15, 0.2) is 41.2 Å². The molecule has 0 aliphatic rings. The number of pyridine rings is 1. The largest absolute Gasteiger partial charge is 0.358 e. The standard InChI is InChI=1S/C17H21NO/c1-3-4-5-6-7-11-15-13(2)17(19)14-10-8-9-12-16(14)18-15/h6-10,12H,3-5,11H2,1-2H3,(H,18,19)/b7-6+. The zero-order valence-electron chi connectivity index (χ0n) is 11.7. The second kappa shape index (κ2) is 6.37. The molecule has 0 atom stereocenters. The van der Waals surface area contributed by atoms with Crippen LogP contribution in [0.5, 0.6) is 0 Å². The Kier molecular flexibility index (Phi) is 4.56. The van der Waals surface area contributed by atoms with Gasteiger partial charge in [0.2, 0.25) is 0 Å². The molecular formula is C17H21NO. The molecular weight excluding hydrogens is 234 g/mol. The Balaban J connectivity index is 2.26. The molecule has 2 aromatic rings. The van der Waals surface area contributed by atoms with Crippen molar-refractivity contribution >= 4 is 10.9 Å². The Morgan fingerprint density at radius 1 is 1.21 bits per heavy atom. The van der Waals surface area contributed by atoms with Crippen molar-refractivity contribution in [3.8, 4) is 0 Å². The van der Waals surface area contributed by atoms with E-state index in [1.54, 1.807) is 0 Å². The van der Waals surface area contributed by atoms with Crippen LogP contribution in [0.2, 0.25) is 0 Å². The Bertz CT molecular complexity index is 637. The topological polar surface area (TPSA) is 32.9 Å². The van der Waals surface area contributed by atoms with Crippen molar-refractivity contribution in [1.82, 2.24) is 4.98 Å². The maximum Gasteiger partial charge on any atom is 0.192 e. The summed E-state index contributed by atoms with van der Waals surface area (Å²) in [6.45, 7) is 4.10. The highest BCUT2D eigenvalue weighted by molar-refractivity contribution is 5.79. The summed E-state index contributed by atoms with van der Waals surface area (Å²) in [5.41, 5.74) is 2.93. The van der Waals surface area contributed by atoms with Gasteiger partial charge >= 0.3 is 0 Å². The van der Waals surface area contributed by atoms with Crippen LogP contribution >= 0.6 is 0 Å². The number of H-pyrrole nitrogens is 1. The van der Waals surface area contributed by atoms with E-state index < -0.39 is 0 Å². The molecule has 1 aromatic carbocycles. The molecule has 0 bridgehead atoms. The number of unbranched alkanes of at least 4 members (excludes halogenated alkanes) is 2. The molecule has 2 nitrogen and oxygen atoms in total. The highest BCUT2D eigenvalue weighted by Gasteiger charge is 2.06. The van der Waals surface area contributed by atoms with Crippen LogP contribution in [0, 0.1) is 6.92 Å². The van der Waals surface area contributed by atoms with Crippen molar-refractivity contribution in [1.29, 1.82) is 0 Å². The van der Waals surface area contributed by atoms with Gasteiger partial charge < -0.3 is 4.98 Å². The summed E-state index contributed by atoms with van der Waals surface area (Å²) in [6, 6.07) is 7.69. The third-order valence-electron chi connectivity index (χ3n) is 3.46. The lowest BCUT2D eigenvalue weighted by Crippen LogP contribution is -2.11. The Labute approximate surface area is 114 Å². The molecule has 0 aliphatic carbocycles. The SMILES string of the molecule is CCCC/C=C/Cc1[nH]c2ccccc2c(=O)c1C. The number of allylic oxidation sites excluding steroid dienone is 2. The van der Waals surface area contributed by atoms with Crippen LogP contribution in [0.4, 0.5) is 0 Å². The zero-order chi connectivity index (χ0) is 13.7. The average Bonchev–Trinajstić information content (AvgIpc) is 2.44. The highest BCUT2D eigenvalue weighted by atomic mass is 16.1. The Hall–Kier alpha value is -1.83. The third kappa shape index (κ3) is 3.14. The number of aromatic amines is 1. The van der Waals surface area contributed by atoms with E-state index in [1.165, 1.54) is 12.8 Å². The molecule has 1 N–H and O–H groups in total. The Morgan fingerprint density at radius 2 is 2.00 bits per heavy atom. The Morgan fingerprint density at radius 3 is 2.79 bits per heavy atom. The minimum Gasteiger partial charge on any atom is -0.358 e. The van der Waals surface area contributed by atoms with E-state index >= 15 is 0 Å². The van der Waals surface area contributed by atoms with E-state index in [9.17, 15) is 4.79 Å². The molecule has 1 aromatic heterocycles. The molecule has 2 heteroatoms. The quantitative estimate of drug-likeness (QED) is 0.632. The van der Waals surface area contributed by atoms with Gasteiger partial charge in [-0.1, -0.05) is 44.1 Å². The summed E-state index contributed by atoms with van der Waals surface area (Å²) in [5, 5.41) is 0.777. The van der Waals surface area contributed by atoms with Gasteiger partial charge in [-0.15, -0.1) is 0 Å². The molecule has 1 heterocycles. The highest BCUT2D eigenvalue weighted by Crippen LogP contribution is 2.11. The molecule has 19 heavy (non-hydrogen) atoms. The first-order chi connectivity index (χ1) is 9.24. The molecule has 0 fully saturated rings. The van der Waals surface area contributed by atoms with Crippen LogP contribution in [0.1, 0.15) is 37.4 Å². The molecule has 0 radical (unpaired) electrons. The molecule has 0 saturated carbocycles. The summed E-state index contributed by atoms with van der Waals surface area (Å²) in [6.07, 6.45) is 8.72. The predicted molar refractivity (Wildman–Crippen MR) is 81.7 cm³/mol. The van der Waals surface area contributed by atoms with Gasteiger partial charge in [-0.3, -0.25) is 4.79 Å². The monoisotopic (exact) mass is 255 g/mol. The second-order valence-electron chi connectivity index (χ2n) is 4.92. The normalized spacial score (nSPS) is 11.5. The van der Waals surface area contributed by atoms with Crippen LogP contribution in [-0.2, 0) is 6.42 Å². The molecule has 0 saturated heterocycles. The maximum absolute atomic E-state index is 12.2. The number of fused-ring (bicyclic) bond motifs is 1. The van der Waals surface area contributed by atoms with E-state index in [2.05, 4.69) is 24.1 Å². The molecule has 0 unspecified atom stereocenters. The first-order valence-corrected chi connectivity index (χ1v) is 6.99. The second-order valence-corrected chi connectivity index (χ2v) is 4.92. The van der Waals surface area contributed by atoms with Crippen LogP contribution in [0.25, 0.3) is 10.9 Å². The smallest absolute Gasteiger partial charge is 0.192 e. The molecule has 0 amide bonds. The van der Waals surface area contributed by atoms with Gasteiger partial charge in [0.15, 0.2) is 5.43 Å². The number of nitrogens with one attached hydrogen (secondary N) is 1. The number of aromatic nitrogens is 1. The van der Waals surface area contributed by atoms with Crippen molar-refractivity contribution < 1.29 is 0 Å². The molecule has 0 aliphatic heterocycles. The van der Waals surface area contributed by atoms with Crippen molar-refractivity contribution in [2.75, 3.05) is 0 Å². The van der Waals surface area contributed by atoms with E-state index in [4.69, 9.17) is 0 Å². The predicted octanol–water partition coefficient (Wildman–Crippen LogP) is 4.13. The van der Waals surface area contributed by atoms with E-state index in [0.717, 1.165) is 35.0 Å². The first-order valence-electron chi connectivity index (χ1n) is 6.99. The maximum atomic E-state index is 12.2. The van der Waals surface area contributed by atoms with E-state index in [1.807, 2.05) is 31.2 Å². The van der Waals surface area contributed by atoms with Crippen molar-refractivity contribution in [3.05, 3.63) is 57.9 Å². The van der Waals surface area contributed by atoms with E-state index in [-0.39, 0.29) is 5.43 Å². The number of para-hydroxylation sites is 1. The van der Waals surface area contributed by atoms with Crippen molar-refractivity contribution in [3.63, 3.8) is 0 Å². The summed E-state index contributed by atoms with van der Waals surface area (Å²) >= 11 is 0. The van der Waals surface area contributed by atoms with E-state index in [0.29, 0.717) is 0 Å². The van der Waals surface area contributed by atoms with Gasteiger partial charge in [0.1, 0.15) is 0 Å². The minimum absolute atomic E-state index is 0.145. The first kappa shape index (κ1) is 13.6. The van der Waals surface area contributed by atoms with Gasteiger partial charge in [-0.25, -0.2) is 0 Å². The fourth-order valence-corrected chi connectivity index (χ4v) is 2.23. The summed E-state index contributed by atoms with van der Waals surface area (Å²) in [5.74, 6) is 0.